The quantitative estimate of drug-likeness (QED) is 0.838. The van der Waals surface area contributed by atoms with Crippen LogP contribution in [-0.4, -0.2) is 29.5 Å². The van der Waals surface area contributed by atoms with E-state index in [1.54, 1.807) is 0 Å². The van der Waals surface area contributed by atoms with E-state index in [1.165, 1.54) is 24.6 Å². The van der Waals surface area contributed by atoms with Crippen LogP contribution < -0.4 is 4.74 Å². The van der Waals surface area contributed by atoms with Gasteiger partial charge in [0.25, 0.3) is 5.91 Å². The molecule has 1 aliphatic carbocycles. The van der Waals surface area contributed by atoms with Crippen LogP contribution in [0.5, 0.6) is 5.75 Å². The van der Waals surface area contributed by atoms with E-state index in [4.69, 9.17) is 4.74 Å². The van der Waals surface area contributed by atoms with Gasteiger partial charge in [0.05, 0.1) is 0 Å². The van der Waals surface area contributed by atoms with Gasteiger partial charge in [-0.25, -0.2) is 0 Å². The molecule has 0 bridgehead atoms. The number of nitrogens with zero attached hydrogens (tertiary/aromatic N) is 1. The second kappa shape index (κ2) is 6.46. The first-order valence-electron chi connectivity index (χ1n) is 9.15. The first-order valence-corrected chi connectivity index (χ1v) is 9.15. The smallest absolute Gasteiger partial charge is 0.261 e. The molecule has 0 N–H and O–H groups in total. The summed E-state index contributed by atoms with van der Waals surface area (Å²) in [5.74, 6) is 1.62. The Morgan fingerprint density at radius 3 is 2.79 bits per heavy atom. The first kappa shape index (κ1) is 15.5. The van der Waals surface area contributed by atoms with E-state index in [-0.39, 0.29) is 12.5 Å². The lowest BCUT2D eigenvalue weighted by atomic mass is 9.85. The Morgan fingerprint density at radius 2 is 1.92 bits per heavy atom. The molecule has 0 radical (unpaired) electrons. The molecular formula is C21H25NO2. The molecule has 0 spiro atoms. The van der Waals surface area contributed by atoms with Crippen molar-refractivity contribution in [3.05, 3.63) is 42.5 Å². The maximum atomic E-state index is 12.7. The standard InChI is InChI=1S/C21H25NO2/c1-15-12-18-8-4-5-9-20(18)22(15)21(23)14-24-19-11-10-16-6-2-3-7-17(16)13-19/h2-3,6-7,10-11,13,15,18,20H,4-5,8-9,12,14H2,1H3. The van der Waals surface area contributed by atoms with Gasteiger partial charge in [0.1, 0.15) is 5.75 Å². The number of rotatable bonds is 3. The molecule has 3 heteroatoms. The molecule has 4 rings (SSSR count). The molecule has 1 aliphatic heterocycles. The van der Waals surface area contributed by atoms with E-state index in [0.717, 1.165) is 24.0 Å². The van der Waals surface area contributed by atoms with E-state index < -0.39 is 0 Å². The molecule has 0 aromatic heterocycles. The fourth-order valence-electron chi connectivity index (χ4n) is 4.62. The third kappa shape index (κ3) is 2.88. The highest BCUT2D eigenvalue weighted by atomic mass is 16.5. The minimum atomic E-state index is 0.144. The molecular weight excluding hydrogens is 298 g/mol. The molecule has 3 nitrogen and oxygen atoms in total. The normalized spacial score (nSPS) is 26.4. The number of carbonyl (C=O) groups excluding carboxylic acids is 1. The Kier molecular flexibility index (Phi) is 4.17. The second-order valence-corrected chi connectivity index (χ2v) is 7.30. The zero-order valence-corrected chi connectivity index (χ0v) is 14.3. The SMILES string of the molecule is CC1CC2CCCCC2N1C(=O)COc1ccc2ccccc2c1. The molecule has 1 saturated carbocycles. The van der Waals surface area contributed by atoms with E-state index in [2.05, 4.69) is 24.0 Å². The monoisotopic (exact) mass is 323 g/mol. The zero-order valence-electron chi connectivity index (χ0n) is 14.3. The van der Waals surface area contributed by atoms with E-state index >= 15 is 0 Å². The Balaban J connectivity index is 1.43. The lowest BCUT2D eigenvalue weighted by Gasteiger charge is -2.33. The summed E-state index contributed by atoms with van der Waals surface area (Å²) in [6.07, 6.45) is 6.18. The van der Waals surface area contributed by atoms with Gasteiger partial charge in [0.15, 0.2) is 6.61 Å². The molecule has 2 aromatic carbocycles. The van der Waals surface area contributed by atoms with Crippen LogP contribution in [0.15, 0.2) is 42.5 Å². The van der Waals surface area contributed by atoms with Crippen molar-refractivity contribution in [1.29, 1.82) is 0 Å². The maximum absolute atomic E-state index is 12.7. The van der Waals surface area contributed by atoms with E-state index in [1.807, 2.05) is 30.3 Å². The maximum Gasteiger partial charge on any atom is 0.261 e. The van der Waals surface area contributed by atoms with Gasteiger partial charge in [0, 0.05) is 12.1 Å². The van der Waals surface area contributed by atoms with Gasteiger partial charge in [-0.3, -0.25) is 4.79 Å². The predicted molar refractivity (Wildman–Crippen MR) is 96.1 cm³/mol. The van der Waals surface area contributed by atoms with Crippen LogP contribution in [-0.2, 0) is 4.79 Å². The van der Waals surface area contributed by atoms with Crippen molar-refractivity contribution in [1.82, 2.24) is 4.90 Å². The van der Waals surface area contributed by atoms with Gasteiger partial charge >= 0.3 is 0 Å². The van der Waals surface area contributed by atoms with Crippen LogP contribution in [0.4, 0.5) is 0 Å². The Bertz CT molecular complexity index is 741. The molecule has 126 valence electrons. The van der Waals surface area contributed by atoms with Gasteiger partial charge in [-0.05, 0) is 55.0 Å². The summed E-state index contributed by atoms with van der Waals surface area (Å²) in [7, 11) is 0. The summed E-state index contributed by atoms with van der Waals surface area (Å²) in [5.41, 5.74) is 0. The summed E-state index contributed by atoms with van der Waals surface area (Å²) >= 11 is 0. The number of carbonyl (C=O) groups is 1. The van der Waals surface area contributed by atoms with Crippen molar-refractivity contribution in [2.24, 2.45) is 5.92 Å². The largest absolute Gasteiger partial charge is 0.484 e. The Morgan fingerprint density at radius 1 is 1.12 bits per heavy atom. The van der Waals surface area contributed by atoms with Crippen molar-refractivity contribution in [3.8, 4) is 5.75 Å². The van der Waals surface area contributed by atoms with Crippen molar-refractivity contribution >= 4 is 16.7 Å². The molecule has 2 aromatic rings. The summed E-state index contributed by atoms with van der Waals surface area (Å²) < 4.78 is 5.83. The third-order valence-corrected chi connectivity index (χ3v) is 5.72. The summed E-state index contributed by atoms with van der Waals surface area (Å²) in [6, 6.07) is 15.0. The van der Waals surface area contributed by atoms with Crippen molar-refractivity contribution < 1.29 is 9.53 Å². The minimum absolute atomic E-state index is 0.144. The fourth-order valence-corrected chi connectivity index (χ4v) is 4.62. The Hall–Kier alpha value is -2.03. The molecule has 24 heavy (non-hydrogen) atoms. The number of benzene rings is 2. The van der Waals surface area contributed by atoms with Gasteiger partial charge in [0.2, 0.25) is 0 Å². The first-order chi connectivity index (χ1) is 11.7. The van der Waals surface area contributed by atoms with Gasteiger partial charge in [-0.15, -0.1) is 0 Å². The topological polar surface area (TPSA) is 29.5 Å². The highest BCUT2D eigenvalue weighted by Gasteiger charge is 2.42. The molecule has 1 saturated heterocycles. The van der Waals surface area contributed by atoms with Gasteiger partial charge in [-0.1, -0.05) is 43.2 Å². The third-order valence-electron chi connectivity index (χ3n) is 5.72. The van der Waals surface area contributed by atoms with E-state index in [0.29, 0.717) is 18.0 Å². The lowest BCUT2D eigenvalue weighted by molar-refractivity contribution is -0.136. The number of amides is 1. The minimum Gasteiger partial charge on any atom is -0.484 e. The van der Waals surface area contributed by atoms with Crippen LogP contribution in [0.3, 0.4) is 0 Å². The van der Waals surface area contributed by atoms with Crippen LogP contribution in [0.25, 0.3) is 10.8 Å². The zero-order chi connectivity index (χ0) is 16.5. The molecule has 2 aliphatic rings. The van der Waals surface area contributed by atoms with E-state index in [9.17, 15) is 4.79 Å². The molecule has 3 unspecified atom stereocenters. The number of fused-ring (bicyclic) bond motifs is 2. The molecule has 3 atom stereocenters. The highest BCUT2D eigenvalue weighted by molar-refractivity contribution is 5.84. The predicted octanol–water partition coefficient (Wildman–Crippen LogP) is 4.40. The molecule has 1 heterocycles. The number of hydrogen-bond acceptors (Lipinski definition) is 2. The van der Waals surface area contributed by atoms with Gasteiger partial charge < -0.3 is 9.64 Å². The summed E-state index contributed by atoms with van der Waals surface area (Å²) in [4.78, 5) is 14.9. The van der Waals surface area contributed by atoms with Crippen LogP contribution >= 0.6 is 0 Å². The Labute approximate surface area is 143 Å². The van der Waals surface area contributed by atoms with Crippen molar-refractivity contribution in [3.63, 3.8) is 0 Å². The summed E-state index contributed by atoms with van der Waals surface area (Å²) in [6.45, 7) is 2.33. The van der Waals surface area contributed by atoms with Crippen LogP contribution in [0.2, 0.25) is 0 Å². The van der Waals surface area contributed by atoms with Crippen LogP contribution in [0.1, 0.15) is 39.0 Å². The number of hydrogen-bond donors (Lipinski definition) is 0. The van der Waals surface area contributed by atoms with Crippen LogP contribution in [0, 0.1) is 5.92 Å². The number of ether oxygens (including phenoxy) is 1. The average Bonchev–Trinajstić information content (AvgIpc) is 2.95. The van der Waals surface area contributed by atoms with Gasteiger partial charge in [-0.2, -0.15) is 0 Å². The average molecular weight is 323 g/mol. The molecule has 2 fully saturated rings. The van der Waals surface area contributed by atoms with Crippen molar-refractivity contribution in [2.45, 2.75) is 51.1 Å². The van der Waals surface area contributed by atoms with Crippen molar-refractivity contribution in [2.75, 3.05) is 6.61 Å². The summed E-state index contributed by atoms with van der Waals surface area (Å²) in [5, 5.41) is 2.33. The second-order valence-electron chi connectivity index (χ2n) is 7.30. The highest BCUT2D eigenvalue weighted by Crippen LogP contribution is 2.39. The lowest BCUT2D eigenvalue weighted by Crippen LogP contribution is -2.44. The molecule has 1 amide bonds. The number of likely N-dealkylation sites (tertiary alicyclic amines) is 1. The fraction of sp³-hybridized carbons (Fsp3) is 0.476.